The Morgan fingerprint density at radius 1 is 0.875 bits per heavy atom. The van der Waals surface area contributed by atoms with Crippen LogP contribution in [-0.2, 0) is 19.6 Å². The molecule has 178 valence electrons. The van der Waals surface area contributed by atoms with E-state index < -0.39 is 0 Å². The van der Waals surface area contributed by atoms with Crippen LogP contribution in [0.1, 0.15) is 108 Å². The predicted octanol–water partition coefficient (Wildman–Crippen LogP) is 7.65. The summed E-state index contributed by atoms with van der Waals surface area (Å²) in [7, 11) is 0. The normalized spacial score (nSPS) is 32.6. The van der Waals surface area contributed by atoms with Crippen molar-refractivity contribution in [3.05, 3.63) is 47.5 Å². The van der Waals surface area contributed by atoms with Gasteiger partial charge in [0.2, 0.25) is 0 Å². The van der Waals surface area contributed by atoms with Crippen molar-refractivity contribution < 1.29 is 14.2 Å². The fraction of sp³-hybridized carbons (Fsp3) is 0.724. The molecule has 1 aromatic rings. The van der Waals surface area contributed by atoms with E-state index in [1.165, 1.54) is 76.2 Å². The standard InChI is InChI=1S/C29H44O3/c1-3-5-6-7-8-9-21-30-27-23-31-26(22-32-27)24-10-12-25(13-11-24)29-18-15-28(14-4-2,16-19-29)17-20-29/h8-13,26-27H,3-7,14-23H2,1-2H3/b9-8+/t26-,27+,28?,29?/m1/s1. The first-order chi connectivity index (χ1) is 15.7. The molecule has 3 nitrogen and oxygen atoms in total. The fourth-order valence-electron chi connectivity index (χ4n) is 6.29. The summed E-state index contributed by atoms with van der Waals surface area (Å²) in [5, 5.41) is 0. The molecule has 2 atom stereocenters. The van der Waals surface area contributed by atoms with Crippen molar-refractivity contribution in [2.75, 3.05) is 19.8 Å². The maximum Gasteiger partial charge on any atom is 0.181 e. The number of benzene rings is 1. The van der Waals surface area contributed by atoms with Gasteiger partial charge in [-0.3, -0.25) is 0 Å². The van der Waals surface area contributed by atoms with E-state index in [2.05, 4.69) is 50.3 Å². The molecule has 32 heavy (non-hydrogen) atoms. The minimum Gasteiger partial charge on any atom is -0.366 e. The Morgan fingerprint density at radius 2 is 1.62 bits per heavy atom. The summed E-state index contributed by atoms with van der Waals surface area (Å²) in [6.45, 7) is 6.24. The lowest BCUT2D eigenvalue weighted by atomic mass is 9.51. The van der Waals surface area contributed by atoms with Gasteiger partial charge in [0.25, 0.3) is 0 Å². The van der Waals surface area contributed by atoms with E-state index in [0.717, 1.165) is 6.42 Å². The maximum absolute atomic E-state index is 6.10. The molecule has 1 saturated heterocycles. The summed E-state index contributed by atoms with van der Waals surface area (Å²) >= 11 is 0. The number of hydrogen-bond donors (Lipinski definition) is 0. The van der Waals surface area contributed by atoms with E-state index in [1.807, 2.05) is 0 Å². The molecule has 3 aliphatic carbocycles. The lowest BCUT2D eigenvalue weighted by molar-refractivity contribution is -0.232. The monoisotopic (exact) mass is 440 g/mol. The second kappa shape index (κ2) is 11.3. The molecular formula is C29H44O3. The van der Waals surface area contributed by atoms with Gasteiger partial charge in [0, 0.05) is 0 Å². The van der Waals surface area contributed by atoms with Crippen LogP contribution in [0.15, 0.2) is 36.4 Å². The van der Waals surface area contributed by atoms with Crippen LogP contribution in [-0.4, -0.2) is 26.1 Å². The van der Waals surface area contributed by atoms with Gasteiger partial charge in [0.1, 0.15) is 6.10 Å². The van der Waals surface area contributed by atoms with Gasteiger partial charge in [0.15, 0.2) is 6.29 Å². The van der Waals surface area contributed by atoms with Crippen molar-refractivity contribution in [2.24, 2.45) is 5.41 Å². The van der Waals surface area contributed by atoms with Crippen molar-refractivity contribution in [3.8, 4) is 0 Å². The third-order valence-electron chi connectivity index (χ3n) is 8.46. The third kappa shape index (κ3) is 5.66. The molecule has 0 spiro atoms. The quantitative estimate of drug-likeness (QED) is 0.261. The third-order valence-corrected chi connectivity index (χ3v) is 8.46. The SMILES string of the molecule is CCCCC/C=C/CO[C@@H]1CO[C@@H](c2ccc(C34CCC(CCC)(CC3)CC4)cc2)CO1. The Bertz CT molecular complexity index is 690. The highest BCUT2D eigenvalue weighted by Gasteiger charge is 2.48. The van der Waals surface area contributed by atoms with Crippen LogP contribution in [0.2, 0.25) is 0 Å². The van der Waals surface area contributed by atoms with Crippen LogP contribution >= 0.6 is 0 Å². The largest absolute Gasteiger partial charge is 0.366 e. The van der Waals surface area contributed by atoms with E-state index in [9.17, 15) is 0 Å². The summed E-state index contributed by atoms with van der Waals surface area (Å²) in [6.07, 6.45) is 20.2. The smallest absolute Gasteiger partial charge is 0.181 e. The molecule has 0 radical (unpaired) electrons. The Labute approximate surface area is 195 Å². The van der Waals surface area contributed by atoms with Gasteiger partial charge < -0.3 is 14.2 Å². The van der Waals surface area contributed by atoms with Crippen LogP contribution in [0.25, 0.3) is 0 Å². The van der Waals surface area contributed by atoms with E-state index >= 15 is 0 Å². The summed E-state index contributed by atoms with van der Waals surface area (Å²) < 4.78 is 17.8. The average Bonchev–Trinajstić information content (AvgIpc) is 2.85. The van der Waals surface area contributed by atoms with Gasteiger partial charge in [0.05, 0.1) is 19.8 Å². The van der Waals surface area contributed by atoms with Crippen molar-refractivity contribution in [1.29, 1.82) is 0 Å². The highest BCUT2D eigenvalue weighted by atomic mass is 16.7. The second-order valence-electron chi connectivity index (χ2n) is 10.5. The summed E-state index contributed by atoms with van der Waals surface area (Å²) in [5.41, 5.74) is 3.88. The number of ether oxygens (including phenoxy) is 3. The van der Waals surface area contributed by atoms with Crippen LogP contribution in [0, 0.1) is 5.41 Å². The van der Waals surface area contributed by atoms with Crippen molar-refractivity contribution in [1.82, 2.24) is 0 Å². The van der Waals surface area contributed by atoms with E-state index in [1.54, 1.807) is 5.56 Å². The van der Waals surface area contributed by atoms with Crippen molar-refractivity contribution in [2.45, 2.75) is 109 Å². The van der Waals surface area contributed by atoms with Gasteiger partial charge in [-0.25, -0.2) is 0 Å². The molecule has 3 saturated carbocycles. The number of allylic oxidation sites excluding steroid dienone is 1. The molecule has 1 aromatic carbocycles. The predicted molar refractivity (Wildman–Crippen MR) is 131 cm³/mol. The molecule has 5 rings (SSSR count). The molecule has 0 amide bonds. The first kappa shape index (κ1) is 24.0. The number of fused-ring (bicyclic) bond motifs is 3. The minimum absolute atomic E-state index is 0.0147. The average molecular weight is 441 g/mol. The number of unbranched alkanes of at least 4 members (excludes halogenated alkanes) is 3. The molecule has 4 fully saturated rings. The van der Waals surface area contributed by atoms with Crippen molar-refractivity contribution >= 4 is 0 Å². The molecule has 2 bridgehead atoms. The van der Waals surface area contributed by atoms with Crippen LogP contribution in [0.3, 0.4) is 0 Å². The van der Waals surface area contributed by atoms with Gasteiger partial charge in [-0.2, -0.15) is 0 Å². The number of rotatable bonds is 11. The Balaban J connectivity index is 1.22. The highest BCUT2D eigenvalue weighted by molar-refractivity contribution is 5.32. The van der Waals surface area contributed by atoms with Gasteiger partial charge in [-0.1, -0.05) is 69.5 Å². The van der Waals surface area contributed by atoms with Gasteiger partial charge >= 0.3 is 0 Å². The summed E-state index contributed by atoms with van der Waals surface area (Å²) in [5.74, 6) is 0. The fourth-order valence-corrected chi connectivity index (χ4v) is 6.29. The molecular weight excluding hydrogens is 396 g/mol. The number of hydrogen-bond acceptors (Lipinski definition) is 3. The molecule has 0 N–H and O–H groups in total. The summed E-state index contributed by atoms with van der Waals surface area (Å²) in [4.78, 5) is 0. The van der Waals surface area contributed by atoms with Crippen molar-refractivity contribution in [3.63, 3.8) is 0 Å². The van der Waals surface area contributed by atoms with Crippen LogP contribution in [0.5, 0.6) is 0 Å². The van der Waals surface area contributed by atoms with Gasteiger partial charge in [-0.15, -0.1) is 0 Å². The molecule has 1 aliphatic heterocycles. The lowest BCUT2D eigenvalue weighted by Crippen LogP contribution is -2.44. The van der Waals surface area contributed by atoms with Crippen LogP contribution in [0.4, 0.5) is 0 Å². The molecule has 0 unspecified atom stereocenters. The first-order valence-corrected chi connectivity index (χ1v) is 13.3. The van der Waals surface area contributed by atoms with Gasteiger partial charge in [-0.05, 0) is 79.7 Å². The van der Waals surface area contributed by atoms with E-state index in [0.29, 0.717) is 30.7 Å². The van der Waals surface area contributed by atoms with Crippen LogP contribution < -0.4 is 0 Å². The Kier molecular flexibility index (Phi) is 8.48. The Morgan fingerprint density at radius 3 is 2.25 bits per heavy atom. The molecule has 0 aromatic heterocycles. The summed E-state index contributed by atoms with van der Waals surface area (Å²) in [6, 6.07) is 9.31. The van der Waals surface area contributed by atoms with E-state index in [-0.39, 0.29) is 12.4 Å². The molecule has 3 heteroatoms. The molecule has 1 heterocycles. The first-order valence-electron chi connectivity index (χ1n) is 13.3. The molecule has 4 aliphatic rings. The zero-order valence-electron chi connectivity index (χ0n) is 20.5. The zero-order chi connectivity index (χ0) is 22.3. The van der Waals surface area contributed by atoms with E-state index in [4.69, 9.17) is 14.2 Å². The lowest BCUT2D eigenvalue weighted by Gasteiger charge is -2.54. The minimum atomic E-state index is -0.252. The highest BCUT2D eigenvalue weighted by Crippen LogP contribution is 2.59. The maximum atomic E-state index is 6.10. The Hall–Kier alpha value is -1.16. The second-order valence-corrected chi connectivity index (χ2v) is 10.5. The zero-order valence-corrected chi connectivity index (χ0v) is 20.5. The topological polar surface area (TPSA) is 27.7 Å².